The Morgan fingerprint density at radius 1 is 0.773 bits per heavy atom. The minimum atomic E-state index is 0.901. The van der Waals surface area contributed by atoms with Crippen LogP contribution in [0.1, 0.15) is 16.7 Å². The van der Waals surface area contributed by atoms with E-state index in [1.807, 2.05) is 48.5 Å². The molecule has 22 heavy (non-hydrogen) atoms. The van der Waals surface area contributed by atoms with Gasteiger partial charge in [-0.2, -0.15) is 0 Å². The molecule has 0 saturated carbocycles. The molecular weight excluding hydrogens is 400 g/mol. The van der Waals surface area contributed by atoms with Crippen molar-refractivity contribution in [2.24, 2.45) is 0 Å². The molecule has 0 aliphatic carbocycles. The minimum absolute atomic E-state index is 0.901. The summed E-state index contributed by atoms with van der Waals surface area (Å²) in [5.41, 5.74) is 3.12. The lowest BCUT2D eigenvalue weighted by Crippen LogP contribution is -1.85. The van der Waals surface area contributed by atoms with Gasteiger partial charge in [0.1, 0.15) is 0 Å². The van der Waals surface area contributed by atoms with Gasteiger partial charge in [-0.25, -0.2) is 0 Å². The molecule has 0 bridgehead atoms. The van der Waals surface area contributed by atoms with Crippen molar-refractivity contribution in [1.82, 2.24) is 0 Å². The van der Waals surface area contributed by atoms with E-state index in [9.17, 15) is 0 Å². The van der Waals surface area contributed by atoms with Crippen LogP contribution in [-0.4, -0.2) is 0 Å². The molecule has 3 rings (SSSR count). The summed E-state index contributed by atoms with van der Waals surface area (Å²) in [5.74, 6) is 6.52. The Balaban J connectivity index is 2.14. The van der Waals surface area contributed by atoms with E-state index in [1.165, 1.54) is 10.8 Å². The molecule has 3 aromatic carbocycles. The molecule has 0 fully saturated rings. The van der Waals surface area contributed by atoms with Gasteiger partial charge in [-0.1, -0.05) is 54.3 Å². The summed E-state index contributed by atoms with van der Waals surface area (Å²) >= 11 is 6.87. The van der Waals surface area contributed by atoms with Gasteiger partial charge in [-0.15, -0.1) is 0 Å². The minimum Gasteiger partial charge on any atom is -0.0622 e. The molecule has 0 spiro atoms. The van der Waals surface area contributed by atoms with Crippen LogP contribution < -0.4 is 0 Å². The zero-order valence-electron chi connectivity index (χ0n) is 11.7. The quantitative estimate of drug-likeness (QED) is 0.410. The summed E-state index contributed by atoms with van der Waals surface area (Å²) in [7, 11) is 0. The van der Waals surface area contributed by atoms with Crippen LogP contribution in [0.5, 0.6) is 0 Å². The van der Waals surface area contributed by atoms with Crippen molar-refractivity contribution < 1.29 is 0 Å². The maximum absolute atomic E-state index is 3.43. The number of hydrogen-bond donors (Lipinski definition) is 0. The average molecular weight is 412 g/mol. The Bertz CT molecular complexity index is 893. The van der Waals surface area contributed by atoms with Crippen LogP contribution >= 0.6 is 31.9 Å². The van der Waals surface area contributed by atoms with Crippen molar-refractivity contribution >= 4 is 48.7 Å². The predicted octanol–water partition coefficient (Wildman–Crippen LogP) is 6.33. The van der Waals surface area contributed by atoms with Crippen LogP contribution in [0.4, 0.5) is 0 Å². The molecule has 0 atom stereocenters. The van der Waals surface area contributed by atoms with Gasteiger partial charge in [0.05, 0.1) is 3.39 Å². The number of benzene rings is 3. The van der Waals surface area contributed by atoms with E-state index >= 15 is 0 Å². The number of rotatable bonds is 1. The molecule has 0 aliphatic rings. The van der Waals surface area contributed by atoms with Gasteiger partial charge in [-0.3, -0.25) is 0 Å². The van der Waals surface area contributed by atoms with Gasteiger partial charge < -0.3 is 0 Å². The van der Waals surface area contributed by atoms with Crippen molar-refractivity contribution in [3.63, 3.8) is 0 Å². The SMILES string of the molecule is BrC(Br)=Cc1cc2ccccc2cc1C#Cc1ccccc1. The van der Waals surface area contributed by atoms with Crippen molar-refractivity contribution in [2.75, 3.05) is 0 Å². The lowest BCUT2D eigenvalue weighted by atomic mass is 10.0. The van der Waals surface area contributed by atoms with E-state index in [0.29, 0.717) is 0 Å². The molecule has 0 aliphatic heterocycles. The van der Waals surface area contributed by atoms with Crippen LogP contribution in [0.15, 0.2) is 70.1 Å². The normalized spacial score (nSPS) is 9.91. The third kappa shape index (κ3) is 3.68. The Hall–Kier alpha value is -1.82. The number of halogens is 2. The zero-order chi connectivity index (χ0) is 15.4. The molecule has 0 heterocycles. The number of hydrogen-bond acceptors (Lipinski definition) is 0. The first kappa shape index (κ1) is 15.1. The van der Waals surface area contributed by atoms with E-state index in [1.54, 1.807) is 0 Å². The van der Waals surface area contributed by atoms with Gasteiger partial charge in [0.15, 0.2) is 0 Å². The van der Waals surface area contributed by atoms with Crippen molar-refractivity contribution in [3.8, 4) is 11.8 Å². The van der Waals surface area contributed by atoms with Crippen LogP contribution in [0.25, 0.3) is 16.8 Å². The summed E-state index contributed by atoms with van der Waals surface area (Å²) in [6, 6.07) is 22.7. The van der Waals surface area contributed by atoms with Gasteiger partial charge in [-0.05, 0) is 78.5 Å². The van der Waals surface area contributed by atoms with E-state index < -0.39 is 0 Å². The van der Waals surface area contributed by atoms with Crippen LogP contribution in [0.3, 0.4) is 0 Å². The van der Waals surface area contributed by atoms with E-state index in [2.05, 4.69) is 68.0 Å². The molecule has 0 amide bonds. The van der Waals surface area contributed by atoms with Crippen LogP contribution in [0.2, 0.25) is 0 Å². The fourth-order valence-corrected chi connectivity index (χ4v) is 2.76. The van der Waals surface area contributed by atoms with Crippen molar-refractivity contribution in [1.29, 1.82) is 0 Å². The summed E-state index contributed by atoms with van der Waals surface area (Å²) in [5, 5.41) is 2.41. The Morgan fingerprint density at radius 3 is 2.09 bits per heavy atom. The predicted molar refractivity (Wildman–Crippen MR) is 102 cm³/mol. The monoisotopic (exact) mass is 410 g/mol. The highest BCUT2D eigenvalue weighted by molar-refractivity contribution is 9.28. The molecule has 3 aromatic rings. The van der Waals surface area contributed by atoms with E-state index in [0.717, 1.165) is 20.1 Å². The standard InChI is InChI=1S/C20H12Br2/c21-20(22)14-19-13-17-9-5-4-8-16(17)12-18(19)11-10-15-6-2-1-3-7-15/h1-9,12-14H. The van der Waals surface area contributed by atoms with Crippen molar-refractivity contribution in [2.45, 2.75) is 0 Å². The summed E-state index contributed by atoms with van der Waals surface area (Å²) in [6.07, 6.45) is 2.03. The zero-order valence-corrected chi connectivity index (χ0v) is 14.9. The fraction of sp³-hybridized carbons (Fsp3) is 0. The number of fused-ring (bicyclic) bond motifs is 1. The smallest absolute Gasteiger partial charge is 0.0610 e. The largest absolute Gasteiger partial charge is 0.0622 e. The maximum Gasteiger partial charge on any atom is 0.0610 e. The van der Waals surface area contributed by atoms with E-state index in [4.69, 9.17) is 0 Å². The third-order valence-corrected chi connectivity index (χ3v) is 3.76. The van der Waals surface area contributed by atoms with Crippen molar-refractivity contribution in [3.05, 3.63) is 86.8 Å². The summed E-state index contributed by atoms with van der Waals surface area (Å²) in [4.78, 5) is 0. The molecule has 0 aromatic heterocycles. The first-order valence-corrected chi connectivity index (χ1v) is 8.43. The highest BCUT2D eigenvalue weighted by Crippen LogP contribution is 2.25. The maximum atomic E-state index is 3.43. The van der Waals surface area contributed by atoms with Crippen LogP contribution in [-0.2, 0) is 0 Å². The Morgan fingerprint density at radius 2 is 1.41 bits per heavy atom. The molecule has 0 N–H and O–H groups in total. The van der Waals surface area contributed by atoms with Gasteiger partial charge >= 0.3 is 0 Å². The van der Waals surface area contributed by atoms with Gasteiger partial charge in [0.25, 0.3) is 0 Å². The molecule has 0 nitrogen and oxygen atoms in total. The second kappa shape index (κ2) is 6.96. The first-order valence-electron chi connectivity index (χ1n) is 6.85. The highest BCUT2D eigenvalue weighted by atomic mass is 79.9. The topological polar surface area (TPSA) is 0 Å². The Kier molecular flexibility index (Phi) is 4.77. The second-order valence-electron chi connectivity index (χ2n) is 4.84. The lowest BCUT2D eigenvalue weighted by molar-refractivity contribution is 1.62. The highest BCUT2D eigenvalue weighted by Gasteiger charge is 2.02. The van der Waals surface area contributed by atoms with Gasteiger partial charge in [0.2, 0.25) is 0 Å². The molecular formula is C20H12Br2. The summed E-state index contributed by atoms with van der Waals surface area (Å²) < 4.78 is 0.901. The lowest BCUT2D eigenvalue weighted by Gasteiger charge is -2.04. The van der Waals surface area contributed by atoms with Gasteiger partial charge in [0, 0.05) is 11.1 Å². The molecule has 0 saturated heterocycles. The Labute approximate surface area is 147 Å². The summed E-state index contributed by atoms with van der Waals surface area (Å²) in [6.45, 7) is 0. The molecule has 2 heteroatoms. The molecule has 0 radical (unpaired) electrons. The first-order chi connectivity index (χ1) is 10.7. The molecule has 0 unspecified atom stereocenters. The third-order valence-electron chi connectivity index (χ3n) is 3.30. The van der Waals surface area contributed by atoms with Crippen LogP contribution in [0, 0.1) is 11.8 Å². The fourth-order valence-electron chi connectivity index (χ4n) is 2.26. The second-order valence-corrected chi connectivity index (χ2v) is 7.61. The average Bonchev–Trinajstić information content (AvgIpc) is 2.53. The van der Waals surface area contributed by atoms with E-state index in [-0.39, 0.29) is 0 Å². The molecule has 106 valence electrons.